The molecule has 0 bridgehead atoms. The maximum Gasteiger partial charge on any atom is 0.0714 e. The van der Waals surface area contributed by atoms with Crippen LogP contribution < -0.4 is 4.90 Å². The number of fused-ring (bicyclic) bond motifs is 8. The van der Waals surface area contributed by atoms with Crippen LogP contribution in [0.15, 0.2) is 273 Å². The van der Waals surface area contributed by atoms with Crippen LogP contribution in [0.25, 0.3) is 44.2 Å². The van der Waals surface area contributed by atoms with E-state index >= 15 is 0 Å². The molecule has 0 saturated heterocycles. The highest BCUT2D eigenvalue weighted by molar-refractivity contribution is 6.05. The molecule has 0 aromatic heterocycles. The zero-order valence-electron chi connectivity index (χ0n) is 36.9. The first-order chi connectivity index (χ1) is 33.3. The quantitative estimate of drug-likeness (QED) is 0.147. The van der Waals surface area contributed by atoms with Crippen LogP contribution in [0.4, 0.5) is 17.1 Å². The summed E-state index contributed by atoms with van der Waals surface area (Å²) in [6.45, 7) is 0. The minimum Gasteiger partial charge on any atom is -0.310 e. The molecule has 314 valence electrons. The van der Waals surface area contributed by atoms with E-state index in [0.717, 1.165) is 17.1 Å². The van der Waals surface area contributed by atoms with Crippen molar-refractivity contribution in [3.8, 4) is 33.4 Å². The Hall–Kier alpha value is -8.52. The Morgan fingerprint density at radius 3 is 1.36 bits per heavy atom. The van der Waals surface area contributed by atoms with Crippen LogP contribution in [0.5, 0.6) is 0 Å². The second-order valence-corrected chi connectivity index (χ2v) is 17.9. The lowest BCUT2D eigenvalue weighted by molar-refractivity contribution is 0.768. The van der Waals surface area contributed by atoms with Gasteiger partial charge in [0.1, 0.15) is 0 Å². The Balaban J connectivity index is 1.12. The zero-order chi connectivity index (χ0) is 44.4. The lowest BCUT2D eigenvalue weighted by Gasteiger charge is -2.35. The molecule has 13 rings (SSSR count). The molecule has 0 atom stereocenters. The average molecular weight is 852 g/mol. The van der Waals surface area contributed by atoms with Gasteiger partial charge in [-0.2, -0.15) is 0 Å². The number of rotatable bonds is 8. The molecule has 0 N–H and O–H groups in total. The van der Waals surface area contributed by atoms with Gasteiger partial charge in [0, 0.05) is 16.9 Å². The highest BCUT2D eigenvalue weighted by Gasteiger charge is 2.49. The van der Waals surface area contributed by atoms with Gasteiger partial charge in [0.25, 0.3) is 0 Å². The Bertz CT molecular complexity index is 3520. The van der Waals surface area contributed by atoms with Gasteiger partial charge in [-0.1, -0.05) is 243 Å². The molecule has 0 saturated carbocycles. The summed E-state index contributed by atoms with van der Waals surface area (Å²) in [5, 5.41) is 2.51. The van der Waals surface area contributed by atoms with Crippen LogP contribution in [0.3, 0.4) is 0 Å². The Morgan fingerprint density at radius 1 is 0.269 bits per heavy atom. The molecule has 0 heterocycles. The van der Waals surface area contributed by atoms with Gasteiger partial charge >= 0.3 is 0 Å². The first-order valence-corrected chi connectivity index (χ1v) is 23.3. The van der Waals surface area contributed by atoms with Crippen molar-refractivity contribution in [2.24, 2.45) is 0 Å². The Kier molecular flexibility index (Phi) is 9.05. The first-order valence-electron chi connectivity index (χ1n) is 23.3. The average Bonchev–Trinajstić information content (AvgIpc) is 3.89. The highest BCUT2D eigenvalue weighted by Crippen LogP contribution is 2.62. The van der Waals surface area contributed by atoms with E-state index in [9.17, 15) is 0 Å². The molecule has 11 aromatic rings. The van der Waals surface area contributed by atoms with Gasteiger partial charge in [-0.25, -0.2) is 0 Å². The summed E-state index contributed by atoms with van der Waals surface area (Å²) in [6, 6.07) is 101. The van der Waals surface area contributed by atoms with E-state index in [4.69, 9.17) is 0 Å². The third-order valence-electron chi connectivity index (χ3n) is 14.6. The molecule has 2 aliphatic carbocycles. The van der Waals surface area contributed by atoms with Crippen molar-refractivity contribution >= 4 is 27.8 Å². The van der Waals surface area contributed by atoms with Crippen molar-refractivity contribution in [1.82, 2.24) is 0 Å². The summed E-state index contributed by atoms with van der Waals surface area (Å²) in [7, 11) is 0. The Labute approximate surface area is 392 Å². The van der Waals surface area contributed by atoms with Gasteiger partial charge in [0.15, 0.2) is 0 Å². The van der Waals surface area contributed by atoms with Gasteiger partial charge in [0.2, 0.25) is 0 Å². The monoisotopic (exact) mass is 851 g/mol. The Morgan fingerprint density at radius 2 is 0.731 bits per heavy atom. The third-order valence-corrected chi connectivity index (χ3v) is 14.6. The number of nitrogens with zero attached hydrogens (tertiary/aromatic N) is 1. The number of anilines is 3. The molecule has 0 radical (unpaired) electrons. The molecular weight excluding hydrogens is 807 g/mol. The van der Waals surface area contributed by atoms with Crippen LogP contribution in [0, 0.1) is 0 Å². The molecular formula is C66H45N. The summed E-state index contributed by atoms with van der Waals surface area (Å²) in [5.74, 6) is 0. The molecule has 0 spiro atoms. The number of benzene rings is 11. The summed E-state index contributed by atoms with van der Waals surface area (Å²) in [4.78, 5) is 2.53. The molecule has 0 amide bonds. The summed E-state index contributed by atoms with van der Waals surface area (Å²) in [6.07, 6.45) is 0. The molecule has 0 aliphatic heterocycles. The number of hydrogen-bond acceptors (Lipinski definition) is 1. The highest BCUT2D eigenvalue weighted by atomic mass is 15.1. The second-order valence-electron chi connectivity index (χ2n) is 17.9. The molecule has 1 heteroatoms. The molecule has 67 heavy (non-hydrogen) atoms. The maximum absolute atomic E-state index is 2.53. The summed E-state index contributed by atoms with van der Waals surface area (Å²) < 4.78 is 0. The molecule has 0 fully saturated rings. The summed E-state index contributed by atoms with van der Waals surface area (Å²) in [5.41, 5.74) is 19.8. The summed E-state index contributed by atoms with van der Waals surface area (Å²) >= 11 is 0. The fraction of sp³-hybridized carbons (Fsp3) is 0.0303. The predicted octanol–water partition coefficient (Wildman–Crippen LogP) is 16.7. The normalized spacial score (nSPS) is 13.6. The van der Waals surface area contributed by atoms with Crippen molar-refractivity contribution in [1.29, 1.82) is 0 Å². The van der Waals surface area contributed by atoms with Crippen LogP contribution >= 0.6 is 0 Å². The topological polar surface area (TPSA) is 3.24 Å². The van der Waals surface area contributed by atoms with E-state index in [0.29, 0.717) is 0 Å². The minimum atomic E-state index is -0.586. The standard InChI is InChI=1S/C66H45N/c1-6-21-46(22-7-1)47-37-40-53(41-38-47)67(62-36-20-35-59-64(62)56-33-18-19-34-58(56)65(59,49-24-8-2-9-25-49)50-26-10-3-11-27-50)54-42-43-57-61(45-54)66(51-28-12-4-13-29-51,52-30-14-5-15-31-52)60-44-39-48-23-16-17-32-55(48)63(57)60/h1-45H. The van der Waals surface area contributed by atoms with Crippen molar-refractivity contribution in [3.63, 3.8) is 0 Å². The van der Waals surface area contributed by atoms with Crippen LogP contribution in [0.1, 0.15) is 44.5 Å². The second kappa shape index (κ2) is 15.6. The van der Waals surface area contributed by atoms with Gasteiger partial charge in [-0.05, 0) is 113 Å². The van der Waals surface area contributed by atoms with Gasteiger partial charge in [0.05, 0.1) is 16.5 Å². The largest absolute Gasteiger partial charge is 0.310 e. The van der Waals surface area contributed by atoms with E-state index < -0.39 is 10.8 Å². The van der Waals surface area contributed by atoms with Gasteiger partial charge in [-0.15, -0.1) is 0 Å². The molecule has 11 aromatic carbocycles. The third kappa shape index (κ3) is 5.75. The van der Waals surface area contributed by atoms with Crippen LogP contribution in [0.2, 0.25) is 0 Å². The molecule has 1 nitrogen and oxygen atoms in total. The number of hydrogen-bond donors (Lipinski definition) is 0. The van der Waals surface area contributed by atoms with E-state index in [2.05, 4.69) is 278 Å². The minimum absolute atomic E-state index is 0.538. The fourth-order valence-corrected chi connectivity index (χ4v) is 11.9. The molecule has 0 unspecified atom stereocenters. The van der Waals surface area contributed by atoms with Crippen molar-refractivity contribution < 1.29 is 0 Å². The van der Waals surface area contributed by atoms with E-state index in [1.54, 1.807) is 0 Å². The fourth-order valence-electron chi connectivity index (χ4n) is 11.9. The van der Waals surface area contributed by atoms with E-state index in [1.807, 2.05) is 0 Å². The smallest absolute Gasteiger partial charge is 0.0714 e. The van der Waals surface area contributed by atoms with Crippen molar-refractivity contribution in [2.45, 2.75) is 10.8 Å². The predicted molar refractivity (Wildman–Crippen MR) is 279 cm³/mol. The first kappa shape index (κ1) is 38.9. The van der Waals surface area contributed by atoms with Crippen molar-refractivity contribution in [3.05, 3.63) is 317 Å². The van der Waals surface area contributed by atoms with E-state index in [-0.39, 0.29) is 0 Å². The van der Waals surface area contributed by atoms with Crippen molar-refractivity contribution in [2.75, 3.05) is 4.90 Å². The van der Waals surface area contributed by atoms with Gasteiger partial charge < -0.3 is 4.90 Å². The lowest BCUT2D eigenvalue weighted by Crippen LogP contribution is -2.29. The zero-order valence-corrected chi connectivity index (χ0v) is 36.9. The van der Waals surface area contributed by atoms with Crippen LogP contribution in [-0.4, -0.2) is 0 Å². The van der Waals surface area contributed by atoms with Crippen LogP contribution in [-0.2, 0) is 10.8 Å². The van der Waals surface area contributed by atoms with Gasteiger partial charge in [-0.3, -0.25) is 0 Å². The lowest BCUT2D eigenvalue weighted by atomic mass is 9.67. The maximum atomic E-state index is 2.53. The van der Waals surface area contributed by atoms with E-state index in [1.165, 1.54) is 88.7 Å². The molecule has 2 aliphatic rings. The SMILES string of the molecule is c1ccc(-c2ccc(N(c3ccc4c(c3)C(c3ccccc3)(c3ccccc3)c3ccc5ccccc5c3-4)c3cccc4c3-c3ccccc3C4(c3ccccc3)c3ccccc3)cc2)cc1.